The monoisotopic (exact) mass is 312 g/mol. The van der Waals surface area contributed by atoms with Crippen molar-refractivity contribution in [2.24, 2.45) is 0 Å². The number of esters is 1. The number of hydrogen-bond acceptors (Lipinski definition) is 3. The molecule has 1 heterocycles. The third kappa shape index (κ3) is 2.67. The van der Waals surface area contributed by atoms with Gasteiger partial charge in [0.2, 0.25) is 0 Å². The van der Waals surface area contributed by atoms with Gasteiger partial charge in [-0.3, -0.25) is 0 Å². The van der Waals surface area contributed by atoms with E-state index in [1.807, 2.05) is 6.92 Å². The minimum atomic E-state index is -0.407. The van der Waals surface area contributed by atoms with E-state index in [-0.39, 0.29) is 0 Å². The lowest BCUT2D eigenvalue weighted by atomic mass is 10.2. The Hall–Kier alpha value is -1.52. The number of nitrogens with zero attached hydrogens (tertiary/aromatic N) is 2. The number of rotatable bonds is 3. The fourth-order valence-corrected chi connectivity index (χ4v) is 2.70. The summed E-state index contributed by atoms with van der Waals surface area (Å²) >= 11 is 12.5. The highest BCUT2D eigenvalue weighted by Crippen LogP contribution is 2.31. The molecule has 106 valence electrons. The van der Waals surface area contributed by atoms with E-state index in [4.69, 9.17) is 27.9 Å². The second-order valence-electron chi connectivity index (χ2n) is 4.35. The molecule has 0 spiro atoms. The van der Waals surface area contributed by atoms with Crippen molar-refractivity contribution in [1.29, 1.82) is 0 Å². The van der Waals surface area contributed by atoms with Crippen LogP contribution in [0.5, 0.6) is 0 Å². The highest BCUT2D eigenvalue weighted by atomic mass is 35.5. The van der Waals surface area contributed by atoms with Gasteiger partial charge in [-0.05, 0) is 38.5 Å². The fourth-order valence-electron chi connectivity index (χ4n) is 1.94. The molecule has 0 saturated carbocycles. The molecule has 0 fully saturated rings. The molecule has 2 rings (SSSR count). The fraction of sp³-hybridized carbons (Fsp3) is 0.286. The van der Waals surface area contributed by atoms with Gasteiger partial charge in [-0.15, -0.1) is 0 Å². The van der Waals surface area contributed by atoms with Crippen LogP contribution in [-0.4, -0.2) is 22.4 Å². The summed E-state index contributed by atoms with van der Waals surface area (Å²) in [5.41, 5.74) is 2.56. The summed E-state index contributed by atoms with van der Waals surface area (Å²) in [4.78, 5) is 11.8. The Morgan fingerprint density at radius 3 is 2.45 bits per heavy atom. The van der Waals surface area contributed by atoms with Gasteiger partial charge in [0, 0.05) is 0 Å². The Kier molecular flexibility index (Phi) is 4.35. The molecule has 4 nitrogen and oxygen atoms in total. The van der Waals surface area contributed by atoms with Gasteiger partial charge in [-0.2, -0.15) is 5.10 Å². The van der Waals surface area contributed by atoms with Crippen LogP contribution in [0.2, 0.25) is 10.0 Å². The van der Waals surface area contributed by atoms with Crippen LogP contribution < -0.4 is 0 Å². The van der Waals surface area contributed by atoms with E-state index in [2.05, 4.69) is 5.10 Å². The summed E-state index contributed by atoms with van der Waals surface area (Å²) < 4.78 is 6.53. The first-order valence-electron chi connectivity index (χ1n) is 6.13. The zero-order valence-electron chi connectivity index (χ0n) is 11.4. The topological polar surface area (TPSA) is 44.1 Å². The van der Waals surface area contributed by atoms with Crippen molar-refractivity contribution >= 4 is 29.2 Å². The largest absolute Gasteiger partial charge is 0.462 e. The molecule has 0 unspecified atom stereocenters. The van der Waals surface area contributed by atoms with Crippen molar-refractivity contribution in [3.63, 3.8) is 0 Å². The maximum atomic E-state index is 11.8. The maximum Gasteiger partial charge on any atom is 0.341 e. The number of carbonyl (C=O) groups excluding carboxylic acids is 1. The third-order valence-corrected chi connectivity index (χ3v) is 3.45. The Bertz CT molecular complexity index is 642. The van der Waals surface area contributed by atoms with Gasteiger partial charge in [0.1, 0.15) is 11.3 Å². The van der Waals surface area contributed by atoms with Crippen LogP contribution in [-0.2, 0) is 4.74 Å². The first kappa shape index (κ1) is 14.9. The molecule has 0 radical (unpaired) electrons. The van der Waals surface area contributed by atoms with Crippen LogP contribution in [0.1, 0.15) is 28.5 Å². The van der Waals surface area contributed by atoms with Crippen LogP contribution in [0.15, 0.2) is 18.3 Å². The molecule has 0 atom stereocenters. The van der Waals surface area contributed by atoms with Crippen LogP contribution in [0, 0.1) is 13.8 Å². The molecule has 0 aliphatic rings. The van der Waals surface area contributed by atoms with Crippen LogP contribution in [0.3, 0.4) is 0 Å². The number of benzene rings is 1. The summed E-state index contributed by atoms with van der Waals surface area (Å²) in [6.45, 7) is 5.74. The van der Waals surface area contributed by atoms with Crippen molar-refractivity contribution in [2.45, 2.75) is 20.8 Å². The van der Waals surface area contributed by atoms with Crippen molar-refractivity contribution in [2.75, 3.05) is 6.61 Å². The Balaban J connectivity index is 2.53. The molecule has 6 heteroatoms. The molecule has 0 aliphatic carbocycles. The lowest BCUT2D eigenvalue weighted by Crippen LogP contribution is -2.07. The number of hydrogen-bond donors (Lipinski definition) is 0. The van der Waals surface area contributed by atoms with E-state index in [1.165, 1.54) is 6.20 Å². The first-order chi connectivity index (χ1) is 9.45. The Labute approximate surface area is 127 Å². The highest BCUT2D eigenvalue weighted by Gasteiger charge is 2.19. The van der Waals surface area contributed by atoms with Crippen molar-refractivity contribution in [1.82, 2.24) is 9.78 Å². The minimum absolute atomic E-state index is 0.315. The van der Waals surface area contributed by atoms with E-state index in [9.17, 15) is 4.79 Å². The van der Waals surface area contributed by atoms with Crippen LogP contribution >= 0.6 is 23.2 Å². The second-order valence-corrected chi connectivity index (χ2v) is 5.17. The zero-order valence-corrected chi connectivity index (χ0v) is 12.9. The van der Waals surface area contributed by atoms with E-state index < -0.39 is 5.97 Å². The molecule has 0 amide bonds. The van der Waals surface area contributed by atoms with E-state index in [0.29, 0.717) is 33.6 Å². The molecule has 0 bridgehead atoms. The van der Waals surface area contributed by atoms with Gasteiger partial charge < -0.3 is 4.74 Å². The third-order valence-electron chi connectivity index (χ3n) is 2.88. The predicted octanol–water partition coefficient (Wildman–Crippen LogP) is 3.97. The van der Waals surface area contributed by atoms with Gasteiger partial charge in [0.05, 0.1) is 28.5 Å². The molecule has 1 aromatic heterocycles. The second kappa shape index (κ2) is 5.85. The van der Waals surface area contributed by atoms with E-state index in [0.717, 1.165) is 5.56 Å². The summed E-state index contributed by atoms with van der Waals surface area (Å²) in [7, 11) is 0. The average molecular weight is 313 g/mol. The standard InChI is InChI=1S/C14H14Cl2N2O2/c1-4-20-14(19)10-7-17-18(9(10)3)13-11(15)5-8(2)6-12(13)16/h5-7H,4H2,1-3H3. The zero-order chi connectivity index (χ0) is 14.9. The molecule has 0 N–H and O–H groups in total. The van der Waals surface area contributed by atoms with Crippen LogP contribution in [0.4, 0.5) is 0 Å². The number of aryl methyl sites for hydroxylation is 1. The summed E-state index contributed by atoms with van der Waals surface area (Å²) in [6, 6.07) is 3.60. The number of aromatic nitrogens is 2. The molecule has 0 aliphatic heterocycles. The van der Waals surface area contributed by atoms with Gasteiger partial charge in [0.25, 0.3) is 0 Å². The van der Waals surface area contributed by atoms with Crippen molar-refractivity contribution in [3.05, 3.63) is 45.2 Å². The van der Waals surface area contributed by atoms with E-state index in [1.54, 1.807) is 30.7 Å². The average Bonchev–Trinajstić information content (AvgIpc) is 2.71. The van der Waals surface area contributed by atoms with E-state index >= 15 is 0 Å². The summed E-state index contributed by atoms with van der Waals surface area (Å²) in [6.07, 6.45) is 1.46. The molecular formula is C14H14Cl2N2O2. The predicted molar refractivity (Wildman–Crippen MR) is 79.0 cm³/mol. The summed E-state index contributed by atoms with van der Waals surface area (Å²) in [5, 5.41) is 5.15. The number of ether oxygens (including phenoxy) is 1. The smallest absolute Gasteiger partial charge is 0.341 e. The molecule has 1 aromatic carbocycles. The Morgan fingerprint density at radius 2 is 1.90 bits per heavy atom. The minimum Gasteiger partial charge on any atom is -0.462 e. The lowest BCUT2D eigenvalue weighted by molar-refractivity contribution is 0.0525. The number of carbonyl (C=O) groups is 1. The van der Waals surface area contributed by atoms with Gasteiger partial charge >= 0.3 is 5.97 Å². The molecule has 0 saturated heterocycles. The molecular weight excluding hydrogens is 299 g/mol. The lowest BCUT2D eigenvalue weighted by Gasteiger charge is -2.10. The number of halogens is 2. The SMILES string of the molecule is CCOC(=O)c1cnn(-c2c(Cl)cc(C)cc2Cl)c1C. The molecule has 20 heavy (non-hydrogen) atoms. The van der Waals surface area contributed by atoms with Crippen molar-refractivity contribution < 1.29 is 9.53 Å². The van der Waals surface area contributed by atoms with Gasteiger partial charge in [-0.1, -0.05) is 23.2 Å². The highest BCUT2D eigenvalue weighted by molar-refractivity contribution is 6.37. The van der Waals surface area contributed by atoms with Gasteiger partial charge in [-0.25, -0.2) is 9.48 Å². The maximum absolute atomic E-state index is 11.8. The van der Waals surface area contributed by atoms with Crippen LogP contribution in [0.25, 0.3) is 5.69 Å². The molecule has 2 aromatic rings. The summed E-state index contributed by atoms with van der Waals surface area (Å²) in [5.74, 6) is -0.407. The van der Waals surface area contributed by atoms with Gasteiger partial charge in [0.15, 0.2) is 0 Å². The Morgan fingerprint density at radius 1 is 1.30 bits per heavy atom. The quantitative estimate of drug-likeness (QED) is 0.805. The first-order valence-corrected chi connectivity index (χ1v) is 6.89. The van der Waals surface area contributed by atoms with Crippen molar-refractivity contribution in [3.8, 4) is 5.69 Å². The normalized spacial score (nSPS) is 10.7.